The van der Waals surface area contributed by atoms with Gasteiger partial charge in [0.2, 0.25) is 0 Å². The van der Waals surface area contributed by atoms with Gasteiger partial charge in [-0.05, 0) is 43.4 Å². The quantitative estimate of drug-likeness (QED) is 0.0766. The van der Waals surface area contributed by atoms with Gasteiger partial charge >= 0.3 is 11.4 Å². The van der Waals surface area contributed by atoms with Crippen molar-refractivity contribution in [1.29, 1.82) is 0 Å². The minimum atomic E-state index is -0.474. The van der Waals surface area contributed by atoms with Crippen molar-refractivity contribution in [3.05, 3.63) is 173 Å². The van der Waals surface area contributed by atoms with Crippen LogP contribution in [0.1, 0.15) is 40.7 Å². The van der Waals surface area contributed by atoms with E-state index in [0.717, 1.165) is 25.8 Å². The smallest absolute Gasteiger partial charge is 0.332 e. The number of benzene rings is 3. The Labute approximate surface area is 349 Å². The Hall–Kier alpha value is -5.26. The molecule has 0 saturated carbocycles. The fraction of sp³-hybridized carbons (Fsp3) is 0.422. The van der Waals surface area contributed by atoms with E-state index in [0.29, 0.717) is 43.8 Å². The molecule has 2 heterocycles. The maximum absolute atomic E-state index is 13.4. The van der Waals surface area contributed by atoms with Gasteiger partial charge in [-0.15, -0.1) is 0 Å². The molecule has 2 atom stereocenters. The van der Waals surface area contributed by atoms with Crippen molar-refractivity contribution in [3.8, 4) is 0 Å². The molecule has 3 aromatic carbocycles. The average molecular weight is 828 g/mol. The Kier molecular flexibility index (Phi) is 18.9. The molecule has 0 aliphatic heterocycles. The van der Waals surface area contributed by atoms with Crippen LogP contribution < -0.4 is 28.2 Å². The molecule has 5 rings (SSSR count). The third-order valence-electron chi connectivity index (χ3n) is 9.71. The molecule has 0 radical (unpaired) electrons. The van der Waals surface area contributed by atoms with E-state index in [9.17, 15) is 19.2 Å². The second-order valence-electron chi connectivity index (χ2n) is 14.4. The SMILES string of the molecule is Cc1cn(CC[C@@H](CN)OCCOC[C@H](CCn2cc(C)c(=O)n(COCc3ccccc3)c2=O)OCCOCc2ccccc2)c(=O)n(COCc2ccccc2)c1=O. The first-order chi connectivity index (χ1) is 29.2. The van der Waals surface area contributed by atoms with Crippen LogP contribution in [0.4, 0.5) is 0 Å². The lowest BCUT2D eigenvalue weighted by atomic mass is 10.2. The second-order valence-corrected chi connectivity index (χ2v) is 14.4. The first kappa shape index (κ1) is 45.8. The summed E-state index contributed by atoms with van der Waals surface area (Å²) < 4.78 is 40.6. The van der Waals surface area contributed by atoms with E-state index in [2.05, 4.69) is 0 Å². The number of ether oxygens (including phenoxy) is 6. The number of hydrogen-bond donors (Lipinski definition) is 1. The van der Waals surface area contributed by atoms with Crippen molar-refractivity contribution in [3.63, 3.8) is 0 Å². The molecule has 322 valence electrons. The summed E-state index contributed by atoms with van der Waals surface area (Å²) in [5.74, 6) is 0. The molecule has 0 spiro atoms. The monoisotopic (exact) mass is 827 g/mol. The summed E-state index contributed by atoms with van der Waals surface area (Å²) in [6.45, 7) is 6.11. The highest BCUT2D eigenvalue weighted by molar-refractivity contribution is 5.15. The minimum Gasteiger partial charge on any atom is -0.376 e. The van der Waals surface area contributed by atoms with Crippen LogP contribution in [0.5, 0.6) is 0 Å². The molecule has 0 aliphatic rings. The third-order valence-corrected chi connectivity index (χ3v) is 9.71. The van der Waals surface area contributed by atoms with Crippen molar-refractivity contribution in [2.24, 2.45) is 5.73 Å². The van der Waals surface area contributed by atoms with Crippen LogP contribution in [-0.2, 0) is 74.8 Å². The normalized spacial score (nSPS) is 12.4. The number of aryl methyl sites for hydroxylation is 4. The predicted octanol–water partition coefficient (Wildman–Crippen LogP) is 3.74. The molecule has 0 amide bonds. The van der Waals surface area contributed by atoms with Crippen LogP contribution in [0.15, 0.2) is 123 Å². The fourth-order valence-corrected chi connectivity index (χ4v) is 6.38. The fourth-order valence-electron chi connectivity index (χ4n) is 6.38. The van der Waals surface area contributed by atoms with Crippen molar-refractivity contribution in [1.82, 2.24) is 18.3 Å². The lowest BCUT2D eigenvalue weighted by molar-refractivity contribution is -0.0592. The average Bonchev–Trinajstić information content (AvgIpc) is 3.27. The number of hydrogen-bond acceptors (Lipinski definition) is 11. The zero-order valence-electron chi connectivity index (χ0n) is 34.5. The van der Waals surface area contributed by atoms with Crippen molar-refractivity contribution < 1.29 is 28.4 Å². The molecule has 60 heavy (non-hydrogen) atoms. The van der Waals surface area contributed by atoms with Gasteiger partial charge in [0, 0.05) is 43.2 Å². The van der Waals surface area contributed by atoms with E-state index in [1.807, 2.05) is 91.0 Å². The van der Waals surface area contributed by atoms with Gasteiger partial charge in [-0.25, -0.2) is 18.7 Å². The van der Waals surface area contributed by atoms with Crippen LogP contribution in [0, 0.1) is 13.8 Å². The second kappa shape index (κ2) is 24.7. The van der Waals surface area contributed by atoms with Gasteiger partial charge < -0.3 is 34.2 Å². The van der Waals surface area contributed by atoms with Gasteiger partial charge in [0.05, 0.1) is 65.1 Å². The molecule has 5 aromatic rings. The molecular weight excluding hydrogens is 771 g/mol. The van der Waals surface area contributed by atoms with Gasteiger partial charge in [-0.3, -0.25) is 18.7 Å². The van der Waals surface area contributed by atoms with Crippen molar-refractivity contribution in [2.45, 2.75) is 85.3 Å². The Morgan fingerprint density at radius 1 is 0.517 bits per heavy atom. The summed E-state index contributed by atoms with van der Waals surface area (Å²) in [7, 11) is 0. The standard InChI is InChI=1S/C45H57N5O10/c1-35-27-47(44(53)49(42(35)51)33-57-30-38-14-8-4-9-15-38)20-18-40(26-46)59-24-23-56-32-41(60-25-22-55-29-37-12-6-3-7-13-37)19-21-48-28-36(2)43(52)50(45(48)54)34-58-31-39-16-10-5-11-17-39/h3-17,27-28,40-41H,18-26,29-34,46H2,1-2H3/t40-,41-/m0/s1. The molecule has 0 unspecified atom stereocenters. The molecule has 0 bridgehead atoms. The highest BCUT2D eigenvalue weighted by atomic mass is 16.6. The topological polar surface area (TPSA) is 169 Å². The first-order valence-electron chi connectivity index (χ1n) is 20.2. The number of rotatable bonds is 27. The van der Waals surface area contributed by atoms with Gasteiger partial charge in [-0.2, -0.15) is 0 Å². The van der Waals surface area contributed by atoms with Crippen LogP contribution in [0.2, 0.25) is 0 Å². The zero-order chi connectivity index (χ0) is 42.5. The van der Waals surface area contributed by atoms with Crippen LogP contribution in [0.3, 0.4) is 0 Å². The van der Waals surface area contributed by atoms with Gasteiger partial charge in [0.15, 0.2) is 0 Å². The highest BCUT2D eigenvalue weighted by Gasteiger charge is 2.16. The van der Waals surface area contributed by atoms with Crippen LogP contribution in [0.25, 0.3) is 0 Å². The summed E-state index contributed by atoms with van der Waals surface area (Å²) in [5, 5.41) is 0. The van der Waals surface area contributed by atoms with Gasteiger partial charge in [-0.1, -0.05) is 91.0 Å². The maximum atomic E-state index is 13.4. The molecule has 2 aromatic heterocycles. The Bertz CT molecular complexity index is 2260. The van der Waals surface area contributed by atoms with Gasteiger partial charge in [0.1, 0.15) is 13.5 Å². The van der Waals surface area contributed by atoms with E-state index >= 15 is 0 Å². The third kappa shape index (κ3) is 14.5. The molecule has 0 fully saturated rings. The summed E-state index contributed by atoms with van der Waals surface area (Å²) in [6.07, 6.45) is 3.18. The maximum Gasteiger partial charge on any atom is 0.332 e. The van der Waals surface area contributed by atoms with E-state index in [1.165, 1.54) is 9.13 Å². The number of nitrogens with two attached hydrogens (primary N) is 1. The van der Waals surface area contributed by atoms with Crippen LogP contribution >= 0.6 is 0 Å². The van der Waals surface area contributed by atoms with Crippen LogP contribution in [-0.4, -0.2) is 70.1 Å². The number of aromatic nitrogens is 4. The molecule has 0 saturated heterocycles. The molecule has 15 heteroatoms. The lowest BCUT2D eigenvalue weighted by Crippen LogP contribution is -2.42. The summed E-state index contributed by atoms with van der Waals surface area (Å²) >= 11 is 0. The molecule has 15 nitrogen and oxygen atoms in total. The van der Waals surface area contributed by atoms with Crippen molar-refractivity contribution >= 4 is 0 Å². The largest absolute Gasteiger partial charge is 0.376 e. The molecule has 2 N–H and O–H groups in total. The Morgan fingerprint density at radius 3 is 1.37 bits per heavy atom. The van der Waals surface area contributed by atoms with E-state index in [-0.39, 0.29) is 72.2 Å². The first-order valence-corrected chi connectivity index (χ1v) is 20.2. The highest BCUT2D eigenvalue weighted by Crippen LogP contribution is 2.07. The molecule has 0 aliphatic carbocycles. The summed E-state index contributed by atoms with van der Waals surface area (Å²) in [4.78, 5) is 52.3. The predicted molar refractivity (Wildman–Crippen MR) is 227 cm³/mol. The van der Waals surface area contributed by atoms with E-state index in [4.69, 9.17) is 34.2 Å². The Morgan fingerprint density at radius 2 is 0.917 bits per heavy atom. The lowest BCUT2D eigenvalue weighted by Gasteiger charge is -2.21. The summed E-state index contributed by atoms with van der Waals surface area (Å²) in [6, 6.07) is 28.9. The molecular formula is C45H57N5O10. The van der Waals surface area contributed by atoms with Crippen molar-refractivity contribution in [2.75, 3.05) is 39.6 Å². The zero-order valence-corrected chi connectivity index (χ0v) is 34.5. The van der Waals surface area contributed by atoms with E-state index in [1.54, 1.807) is 26.2 Å². The minimum absolute atomic E-state index is 0.166. The number of nitrogens with zero attached hydrogens (tertiary/aromatic N) is 4. The van der Waals surface area contributed by atoms with E-state index < -0.39 is 28.6 Å². The summed E-state index contributed by atoms with van der Waals surface area (Å²) in [5.41, 5.74) is 8.06. The van der Waals surface area contributed by atoms with Gasteiger partial charge in [0.25, 0.3) is 11.1 Å². The Balaban J connectivity index is 1.11.